The highest BCUT2D eigenvalue weighted by Crippen LogP contribution is 2.29. The first kappa shape index (κ1) is 15.3. The fourth-order valence-corrected chi connectivity index (χ4v) is 3.51. The Morgan fingerprint density at radius 1 is 1.20 bits per heavy atom. The lowest BCUT2D eigenvalue weighted by molar-refractivity contribution is -0.147. The predicted octanol–water partition coefficient (Wildman–Crippen LogP) is 1.50. The molecule has 0 aromatic carbocycles. The fourth-order valence-electron chi connectivity index (χ4n) is 3.51. The van der Waals surface area contributed by atoms with Crippen LogP contribution in [0.25, 0.3) is 0 Å². The number of carboxylic acid groups (broad SMARTS) is 1. The molecule has 114 valence electrons. The maximum atomic E-state index is 12.3. The van der Waals surface area contributed by atoms with Crippen LogP contribution in [-0.2, 0) is 9.59 Å². The number of hydrogen-bond acceptors (Lipinski definition) is 3. The van der Waals surface area contributed by atoms with Crippen LogP contribution in [0.4, 0.5) is 0 Å². The average molecular weight is 283 g/mol. The fraction of sp³-hybridized carbons (Fsp3) is 0.867. The van der Waals surface area contributed by atoms with Gasteiger partial charge in [0.05, 0.1) is 12.0 Å². The molecule has 0 spiro atoms. The smallest absolute Gasteiger partial charge is 0.308 e. The van der Waals surface area contributed by atoms with Crippen molar-refractivity contribution in [1.29, 1.82) is 0 Å². The summed E-state index contributed by atoms with van der Waals surface area (Å²) >= 11 is 0. The molecular weight excluding hydrogens is 258 g/mol. The summed E-state index contributed by atoms with van der Waals surface area (Å²) in [5.41, 5.74) is 0. The number of hydrogen-bond donors (Lipinski definition) is 2. The van der Waals surface area contributed by atoms with Crippen molar-refractivity contribution in [2.75, 3.05) is 13.1 Å². The molecule has 2 N–H and O–H groups in total. The summed E-state index contributed by atoms with van der Waals surface area (Å²) in [6.07, 6.45) is 4.43. The van der Waals surface area contributed by atoms with Gasteiger partial charge in [-0.2, -0.15) is 0 Å². The number of carbonyl (C=O) groups is 2. The van der Waals surface area contributed by atoms with Gasteiger partial charge < -0.3 is 15.1 Å². The van der Waals surface area contributed by atoms with E-state index in [0.29, 0.717) is 25.9 Å². The highest BCUT2D eigenvalue weighted by atomic mass is 16.4. The van der Waals surface area contributed by atoms with E-state index in [2.05, 4.69) is 0 Å². The van der Waals surface area contributed by atoms with E-state index in [1.54, 1.807) is 4.90 Å². The number of rotatable bonds is 3. The second-order valence-electron chi connectivity index (χ2n) is 6.49. The Bertz CT molecular complexity index is 371. The Morgan fingerprint density at radius 2 is 1.90 bits per heavy atom. The zero-order valence-corrected chi connectivity index (χ0v) is 12.1. The van der Waals surface area contributed by atoms with Crippen molar-refractivity contribution in [2.24, 2.45) is 17.8 Å². The van der Waals surface area contributed by atoms with Gasteiger partial charge in [-0.25, -0.2) is 0 Å². The minimum Gasteiger partial charge on any atom is -0.481 e. The van der Waals surface area contributed by atoms with E-state index in [0.717, 1.165) is 25.7 Å². The van der Waals surface area contributed by atoms with Crippen molar-refractivity contribution in [3.05, 3.63) is 0 Å². The molecule has 1 heterocycles. The number of piperidine rings is 1. The highest BCUT2D eigenvalue weighted by molar-refractivity contribution is 5.78. The number of aliphatic carboxylic acids is 1. The lowest BCUT2D eigenvalue weighted by Gasteiger charge is -2.36. The molecule has 4 atom stereocenters. The summed E-state index contributed by atoms with van der Waals surface area (Å²) in [4.78, 5) is 25.2. The molecule has 2 rings (SSSR count). The van der Waals surface area contributed by atoms with Crippen molar-refractivity contribution in [2.45, 2.75) is 51.6 Å². The maximum absolute atomic E-state index is 12.3. The average Bonchev–Trinajstić information content (AvgIpc) is 2.40. The van der Waals surface area contributed by atoms with Crippen LogP contribution in [0.15, 0.2) is 0 Å². The van der Waals surface area contributed by atoms with Crippen LogP contribution < -0.4 is 0 Å². The molecule has 0 aromatic heterocycles. The van der Waals surface area contributed by atoms with Gasteiger partial charge in [0.1, 0.15) is 0 Å². The first-order valence-electron chi connectivity index (χ1n) is 7.66. The summed E-state index contributed by atoms with van der Waals surface area (Å²) in [6, 6.07) is 0. The third kappa shape index (κ3) is 3.72. The lowest BCUT2D eigenvalue weighted by Crippen LogP contribution is -2.46. The second-order valence-corrected chi connectivity index (χ2v) is 6.49. The monoisotopic (exact) mass is 283 g/mol. The first-order chi connectivity index (χ1) is 9.47. The molecule has 0 radical (unpaired) electrons. The number of carboxylic acids is 1. The third-order valence-electron chi connectivity index (χ3n) is 4.67. The molecule has 2 aliphatic rings. The number of likely N-dealkylation sites (tertiary alicyclic amines) is 1. The SMILES string of the molecule is CC1CC(C(=O)O)CN(C(=O)C[C@@H]2CCCC[C@H]2O)C1. The van der Waals surface area contributed by atoms with Crippen LogP contribution in [-0.4, -0.2) is 46.2 Å². The molecule has 5 heteroatoms. The second kappa shape index (κ2) is 6.57. The Kier molecular flexibility index (Phi) is 5.02. The Hall–Kier alpha value is -1.10. The van der Waals surface area contributed by atoms with Gasteiger partial charge in [0.2, 0.25) is 5.91 Å². The number of aliphatic hydroxyl groups is 1. The van der Waals surface area contributed by atoms with Crippen LogP contribution in [0.2, 0.25) is 0 Å². The van der Waals surface area contributed by atoms with E-state index in [4.69, 9.17) is 5.11 Å². The molecule has 1 aliphatic carbocycles. The minimum absolute atomic E-state index is 0.00810. The number of aliphatic hydroxyl groups excluding tert-OH is 1. The van der Waals surface area contributed by atoms with Crippen LogP contribution >= 0.6 is 0 Å². The summed E-state index contributed by atoms with van der Waals surface area (Å²) < 4.78 is 0. The minimum atomic E-state index is -0.813. The van der Waals surface area contributed by atoms with Gasteiger partial charge in [0.25, 0.3) is 0 Å². The maximum Gasteiger partial charge on any atom is 0.308 e. The van der Waals surface area contributed by atoms with Gasteiger partial charge in [-0.1, -0.05) is 19.8 Å². The van der Waals surface area contributed by atoms with Crippen molar-refractivity contribution in [3.63, 3.8) is 0 Å². The van der Waals surface area contributed by atoms with Crippen molar-refractivity contribution in [3.8, 4) is 0 Å². The number of carbonyl (C=O) groups excluding carboxylic acids is 1. The zero-order valence-electron chi connectivity index (χ0n) is 12.1. The summed E-state index contributed by atoms with van der Waals surface area (Å²) in [6.45, 7) is 2.96. The quantitative estimate of drug-likeness (QED) is 0.822. The Labute approximate surface area is 120 Å². The molecule has 1 aliphatic heterocycles. The van der Waals surface area contributed by atoms with E-state index in [-0.39, 0.29) is 23.8 Å². The van der Waals surface area contributed by atoms with Gasteiger partial charge in [-0.05, 0) is 31.1 Å². The van der Waals surface area contributed by atoms with Gasteiger partial charge in [0.15, 0.2) is 0 Å². The molecule has 2 unspecified atom stereocenters. The molecule has 1 saturated heterocycles. The van der Waals surface area contributed by atoms with E-state index < -0.39 is 11.9 Å². The topological polar surface area (TPSA) is 77.8 Å². The summed E-state index contributed by atoms with van der Waals surface area (Å²) in [5, 5.41) is 19.1. The molecule has 0 aromatic rings. The van der Waals surface area contributed by atoms with E-state index in [9.17, 15) is 14.7 Å². The standard InChI is InChI=1S/C15H25NO4/c1-10-6-12(15(19)20)9-16(8-10)14(18)7-11-4-2-3-5-13(11)17/h10-13,17H,2-9H2,1H3,(H,19,20)/t10?,11-,12?,13+/m0/s1. The van der Waals surface area contributed by atoms with Gasteiger partial charge in [0, 0.05) is 19.5 Å². The Balaban J connectivity index is 1.92. The normalized spacial score (nSPS) is 34.8. The molecule has 0 bridgehead atoms. The van der Waals surface area contributed by atoms with Gasteiger partial charge in [-0.3, -0.25) is 9.59 Å². The highest BCUT2D eigenvalue weighted by Gasteiger charge is 2.33. The summed E-state index contributed by atoms with van der Waals surface area (Å²) in [7, 11) is 0. The molecular formula is C15H25NO4. The van der Waals surface area contributed by atoms with E-state index >= 15 is 0 Å². The van der Waals surface area contributed by atoms with E-state index in [1.165, 1.54) is 0 Å². The molecule has 2 fully saturated rings. The molecule has 1 saturated carbocycles. The zero-order chi connectivity index (χ0) is 14.7. The van der Waals surface area contributed by atoms with Crippen LogP contribution in [0, 0.1) is 17.8 Å². The summed E-state index contributed by atoms with van der Waals surface area (Å²) in [5.74, 6) is -0.971. The predicted molar refractivity (Wildman–Crippen MR) is 74.1 cm³/mol. The van der Waals surface area contributed by atoms with Crippen molar-refractivity contribution >= 4 is 11.9 Å². The molecule has 1 amide bonds. The number of amides is 1. The van der Waals surface area contributed by atoms with Crippen LogP contribution in [0.5, 0.6) is 0 Å². The Morgan fingerprint density at radius 3 is 2.55 bits per heavy atom. The van der Waals surface area contributed by atoms with E-state index in [1.807, 2.05) is 6.92 Å². The lowest BCUT2D eigenvalue weighted by atomic mass is 9.83. The largest absolute Gasteiger partial charge is 0.481 e. The van der Waals surface area contributed by atoms with Crippen LogP contribution in [0.3, 0.4) is 0 Å². The third-order valence-corrected chi connectivity index (χ3v) is 4.67. The van der Waals surface area contributed by atoms with Crippen molar-refractivity contribution in [1.82, 2.24) is 4.90 Å². The van der Waals surface area contributed by atoms with Gasteiger partial charge in [-0.15, -0.1) is 0 Å². The molecule has 5 nitrogen and oxygen atoms in total. The molecule has 20 heavy (non-hydrogen) atoms. The van der Waals surface area contributed by atoms with Crippen molar-refractivity contribution < 1.29 is 19.8 Å². The first-order valence-corrected chi connectivity index (χ1v) is 7.66. The number of nitrogens with zero attached hydrogens (tertiary/aromatic N) is 1. The van der Waals surface area contributed by atoms with Gasteiger partial charge >= 0.3 is 5.97 Å². The van der Waals surface area contributed by atoms with Crippen LogP contribution in [0.1, 0.15) is 45.4 Å².